The van der Waals surface area contributed by atoms with E-state index in [0.29, 0.717) is 23.6 Å². The fourth-order valence-electron chi connectivity index (χ4n) is 2.26. The molecule has 2 rings (SSSR count). The first-order valence-corrected chi connectivity index (χ1v) is 7.39. The van der Waals surface area contributed by atoms with Gasteiger partial charge in [-0.1, -0.05) is 13.3 Å². The number of hydrogen-bond donors (Lipinski definition) is 1. The van der Waals surface area contributed by atoms with Crippen LogP contribution in [0, 0.1) is 5.92 Å². The average molecular weight is 217 g/mol. The Balaban J connectivity index is 1.74. The molecule has 1 saturated heterocycles. The van der Waals surface area contributed by atoms with Gasteiger partial charge in [-0.2, -0.15) is 0 Å². The zero-order valence-electron chi connectivity index (χ0n) is 8.70. The Hall–Kier alpha value is -0.0900. The molecule has 0 aromatic carbocycles. The normalized spacial score (nSPS) is 36.9. The second kappa shape index (κ2) is 3.81. The van der Waals surface area contributed by atoms with Crippen LogP contribution < -0.4 is 5.32 Å². The summed E-state index contributed by atoms with van der Waals surface area (Å²) in [6, 6.07) is 1.14. The second-order valence-electron chi connectivity index (χ2n) is 4.60. The van der Waals surface area contributed by atoms with Crippen LogP contribution >= 0.6 is 0 Å². The molecule has 82 valence electrons. The van der Waals surface area contributed by atoms with Crippen molar-refractivity contribution in [1.82, 2.24) is 5.32 Å². The molecule has 0 bridgehead atoms. The van der Waals surface area contributed by atoms with Crippen LogP contribution in [0.15, 0.2) is 0 Å². The summed E-state index contributed by atoms with van der Waals surface area (Å²) in [5, 5.41) is 3.57. The van der Waals surface area contributed by atoms with Gasteiger partial charge in [-0.3, -0.25) is 0 Å². The largest absolute Gasteiger partial charge is 0.311 e. The summed E-state index contributed by atoms with van der Waals surface area (Å²) < 4.78 is 22.4. The fraction of sp³-hybridized carbons (Fsp3) is 1.00. The first-order valence-electron chi connectivity index (χ1n) is 5.57. The van der Waals surface area contributed by atoms with Gasteiger partial charge in [0, 0.05) is 12.1 Å². The highest BCUT2D eigenvalue weighted by atomic mass is 32.2. The van der Waals surface area contributed by atoms with Crippen LogP contribution in [-0.2, 0) is 9.84 Å². The van der Waals surface area contributed by atoms with Crippen LogP contribution in [0.25, 0.3) is 0 Å². The fourth-order valence-corrected chi connectivity index (χ4v) is 3.75. The van der Waals surface area contributed by atoms with Gasteiger partial charge >= 0.3 is 0 Å². The van der Waals surface area contributed by atoms with Crippen LogP contribution in [0.3, 0.4) is 0 Å². The van der Waals surface area contributed by atoms with Gasteiger partial charge in [-0.05, 0) is 25.2 Å². The van der Waals surface area contributed by atoms with E-state index < -0.39 is 9.84 Å². The second-order valence-corrected chi connectivity index (χ2v) is 6.91. The number of rotatable bonds is 3. The van der Waals surface area contributed by atoms with E-state index in [9.17, 15) is 8.42 Å². The molecule has 0 aromatic heterocycles. The van der Waals surface area contributed by atoms with Gasteiger partial charge in [-0.15, -0.1) is 0 Å². The van der Waals surface area contributed by atoms with Crippen LogP contribution in [0.1, 0.15) is 32.6 Å². The average Bonchev–Trinajstić information content (AvgIpc) is 2.88. The molecule has 14 heavy (non-hydrogen) atoms. The monoisotopic (exact) mass is 217 g/mol. The van der Waals surface area contributed by atoms with E-state index in [-0.39, 0.29) is 0 Å². The minimum absolute atomic E-state index is 0.383. The number of sulfone groups is 1. The summed E-state index contributed by atoms with van der Waals surface area (Å²) in [7, 11) is -2.69. The van der Waals surface area contributed by atoms with E-state index in [1.54, 1.807) is 0 Å². The van der Waals surface area contributed by atoms with Crippen molar-refractivity contribution in [3.8, 4) is 0 Å². The Labute approximate surface area is 86.2 Å². The molecule has 1 saturated carbocycles. The summed E-state index contributed by atoms with van der Waals surface area (Å²) >= 11 is 0. The van der Waals surface area contributed by atoms with E-state index in [1.165, 1.54) is 12.8 Å². The highest BCUT2D eigenvalue weighted by molar-refractivity contribution is 7.91. The Kier molecular flexibility index (Phi) is 2.84. The predicted molar refractivity (Wildman–Crippen MR) is 57.0 cm³/mol. The molecule has 1 aliphatic carbocycles. The third-order valence-corrected chi connectivity index (χ3v) is 5.17. The molecule has 1 aliphatic heterocycles. The lowest BCUT2D eigenvalue weighted by Gasteiger charge is -2.23. The molecule has 0 spiro atoms. The first-order chi connectivity index (χ1) is 6.61. The summed E-state index contributed by atoms with van der Waals surface area (Å²) in [5.74, 6) is 1.62. The molecule has 1 heterocycles. The van der Waals surface area contributed by atoms with Gasteiger partial charge in [0.1, 0.15) is 9.84 Å². The van der Waals surface area contributed by atoms with Gasteiger partial charge in [-0.25, -0.2) is 8.42 Å². The molecule has 0 aromatic rings. The van der Waals surface area contributed by atoms with E-state index in [1.807, 2.05) is 0 Å². The zero-order chi connectivity index (χ0) is 10.2. The Morgan fingerprint density at radius 1 is 1.29 bits per heavy atom. The van der Waals surface area contributed by atoms with Gasteiger partial charge in [0.15, 0.2) is 0 Å². The van der Waals surface area contributed by atoms with Crippen LogP contribution in [0.2, 0.25) is 0 Å². The maximum atomic E-state index is 11.2. The molecule has 2 aliphatic rings. The van der Waals surface area contributed by atoms with Gasteiger partial charge in [0.25, 0.3) is 0 Å². The van der Waals surface area contributed by atoms with Crippen LogP contribution in [0.5, 0.6) is 0 Å². The Morgan fingerprint density at radius 2 is 1.93 bits per heavy atom. The molecule has 1 N–H and O–H groups in total. The van der Waals surface area contributed by atoms with Crippen molar-refractivity contribution in [3.63, 3.8) is 0 Å². The van der Waals surface area contributed by atoms with Crippen molar-refractivity contribution >= 4 is 9.84 Å². The van der Waals surface area contributed by atoms with E-state index in [0.717, 1.165) is 18.8 Å². The van der Waals surface area contributed by atoms with Crippen molar-refractivity contribution in [3.05, 3.63) is 0 Å². The standard InChI is InChI=1S/C10H19NO2S/c1-2-8-7-10(8)11-9-3-5-14(12,13)6-4-9/h8-11H,2-7H2,1H3. The van der Waals surface area contributed by atoms with Crippen LogP contribution in [-0.4, -0.2) is 32.0 Å². The van der Waals surface area contributed by atoms with Gasteiger partial charge in [0.05, 0.1) is 11.5 Å². The Bertz CT molecular complexity index is 285. The minimum atomic E-state index is -2.69. The third-order valence-electron chi connectivity index (χ3n) is 3.45. The molecule has 4 heteroatoms. The van der Waals surface area contributed by atoms with Crippen molar-refractivity contribution in [2.75, 3.05) is 11.5 Å². The molecule has 0 amide bonds. The lowest BCUT2D eigenvalue weighted by Crippen LogP contribution is -2.39. The van der Waals surface area contributed by atoms with Crippen molar-refractivity contribution in [2.24, 2.45) is 5.92 Å². The molecule has 0 radical (unpaired) electrons. The highest BCUT2D eigenvalue weighted by Crippen LogP contribution is 2.34. The molecular formula is C10H19NO2S. The van der Waals surface area contributed by atoms with Crippen LogP contribution in [0.4, 0.5) is 0 Å². The zero-order valence-corrected chi connectivity index (χ0v) is 9.52. The quantitative estimate of drug-likeness (QED) is 0.765. The number of hydrogen-bond acceptors (Lipinski definition) is 3. The minimum Gasteiger partial charge on any atom is -0.311 e. The third kappa shape index (κ3) is 2.48. The highest BCUT2D eigenvalue weighted by Gasteiger charge is 2.37. The summed E-state index contributed by atoms with van der Waals surface area (Å²) in [4.78, 5) is 0. The Morgan fingerprint density at radius 3 is 2.43 bits per heavy atom. The molecule has 3 nitrogen and oxygen atoms in total. The summed E-state index contributed by atoms with van der Waals surface area (Å²) in [6.45, 7) is 2.22. The maximum Gasteiger partial charge on any atom is 0.150 e. The van der Waals surface area contributed by atoms with E-state index in [4.69, 9.17) is 0 Å². The molecule has 2 fully saturated rings. The molecular weight excluding hydrogens is 198 g/mol. The smallest absolute Gasteiger partial charge is 0.150 e. The van der Waals surface area contributed by atoms with Crippen molar-refractivity contribution in [2.45, 2.75) is 44.7 Å². The van der Waals surface area contributed by atoms with E-state index in [2.05, 4.69) is 12.2 Å². The summed E-state index contributed by atoms with van der Waals surface area (Å²) in [6.07, 6.45) is 4.17. The maximum absolute atomic E-state index is 11.2. The first kappa shape index (κ1) is 10.4. The van der Waals surface area contributed by atoms with Gasteiger partial charge < -0.3 is 5.32 Å². The SMILES string of the molecule is CCC1CC1NC1CCS(=O)(=O)CC1. The summed E-state index contributed by atoms with van der Waals surface area (Å²) in [5.41, 5.74) is 0. The lowest BCUT2D eigenvalue weighted by molar-refractivity contribution is 0.448. The predicted octanol–water partition coefficient (Wildman–Crippen LogP) is 0.952. The van der Waals surface area contributed by atoms with Crippen molar-refractivity contribution in [1.29, 1.82) is 0 Å². The molecule has 2 unspecified atom stereocenters. The van der Waals surface area contributed by atoms with E-state index >= 15 is 0 Å². The topological polar surface area (TPSA) is 46.2 Å². The van der Waals surface area contributed by atoms with Crippen molar-refractivity contribution < 1.29 is 8.42 Å². The van der Waals surface area contributed by atoms with Gasteiger partial charge in [0.2, 0.25) is 0 Å². The molecule has 2 atom stereocenters. The number of nitrogens with one attached hydrogen (secondary N) is 1. The lowest BCUT2D eigenvalue weighted by atomic mass is 10.1.